The molecule has 4 rings (SSSR count). The molecule has 0 radical (unpaired) electrons. The minimum Gasteiger partial charge on any atom is -0.369 e. The van der Waals surface area contributed by atoms with Gasteiger partial charge in [-0.1, -0.05) is 11.6 Å². The van der Waals surface area contributed by atoms with Crippen molar-refractivity contribution in [2.45, 2.75) is 38.8 Å². The van der Waals surface area contributed by atoms with E-state index in [1.807, 2.05) is 0 Å². The molecule has 0 aliphatic carbocycles. The molecule has 2 aliphatic rings. The summed E-state index contributed by atoms with van der Waals surface area (Å²) in [5.41, 5.74) is 2.22. The molecule has 0 amide bonds. The van der Waals surface area contributed by atoms with E-state index in [1.165, 1.54) is 5.69 Å². The van der Waals surface area contributed by atoms with Gasteiger partial charge in [-0.15, -0.1) is 0 Å². The maximum atomic E-state index is 6.38. The standard InChI is InChI=1S/C23H34ClN7/c1-17(2)30-10-8-19(9-11-30)26-22-21(24)16-25-23(28-22)27-18-4-6-20(7-5-18)31-14-12-29(3)13-15-31/h4-7,16-17,19H,8-15H2,1-3H3,(H2,25,26,27,28). The van der Waals surface area contributed by atoms with Gasteiger partial charge >= 0.3 is 0 Å². The number of piperazine rings is 1. The smallest absolute Gasteiger partial charge is 0.229 e. The van der Waals surface area contributed by atoms with Crippen molar-refractivity contribution in [3.05, 3.63) is 35.5 Å². The van der Waals surface area contributed by atoms with E-state index >= 15 is 0 Å². The highest BCUT2D eigenvalue weighted by atomic mass is 35.5. The summed E-state index contributed by atoms with van der Waals surface area (Å²) in [6.07, 6.45) is 3.85. The van der Waals surface area contributed by atoms with Crippen molar-refractivity contribution >= 4 is 34.7 Å². The Labute approximate surface area is 190 Å². The molecule has 168 valence electrons. The molecule has 2 aromatic rings. The molecule has 31 heavy (non-hydrogen) atoms. The van der Waals surface area contributed by atoms with Crippen molar-refractivity contribution in [1.82, 2.24) is 19.8 Å². The molecule has 3 heterocycles. The van der Waals surface area contributed by atoms with Gasteiger partial charge in [0.25, 0.3) is 0 Å². The average Bonchev–Trinajstić information content (AvgIpc) is 2.78. The summed E-state index contributed by atoms with van der Waals surface area (Å²) in [4.78, 5) is 16.3. The first kappa shape index (κ1) is 22.1. The quantitative estimate of drug-likeness (QED) is 0.701. The molecule has 2 saturated heterocycles. The van der Waals surface area contributed by atoms with Gasteiger partial charge in [0.15, 0.2) is 5.82 Å². The van der Waals surface area contributed by atoms with Gasteiger partial charge in [0.2, 0.25) is 5.95 Å². The number of aromatic nitrogens is 2. The second kappa shape index (κ2) is 10.0. The Balaban J connectivity index is 1.36. The zero-order valence-corrected chi connectivity index (χ0v) is 19.6. The predicted octanol–water partition coefficient (Wildman–Crippen LogP) is 3.91. The number of nitrogens with one attached hydrogen (secondary N) is 2. The highest BCUT2D eigenvalue weighted by molar-refractivity contribution is 6.32. The van der Waals surface area contributed by atoms with Crippen molar-refractivity contribution in [2.75, 3.05) is 61.8 Å². The number of piperidine rings is 1. The number of likely N-dealkylation sites (tertiary alicyclic amines) is 1. The predicted molar refractivity (Wildman–Crippen MR) is 130 cm³/mol. The van der Waals surface area contributed by atoms with Crippen molar-refractivity contribution in [3.63, 3.8) is 0 Å². The highest BCUT2D eigenvalue weighted by Gasteiger charge is 2.22. The lowest BCUT2D eigenvalue weighted by atomic mass is 10.0. The van der Waals surface area contributed by atoms with Crippen LogP contribution < -0.4 is 15.5 Å². The Morgan fingerprint density at radius 1 is 1.00 bits per heavy atom. The van der Waals surface area contributed by atoms with E-state index in [9.17, 15) is 0 Å². The van der Waals surface area contributed by atoms with E-state index in [-0.39, 0.29) is 0 Å². The minimum atomic E-state index is 0.387. The van der Waals surface area contributed by atoms with Crippen LogP contribution in [0.1, 0.15) is 26.7 Å². The van der Waals surface area contributed by atoms with Crippen molar-refractivity contribution in [2.24, 2.45) is 0 Å². The Morgan fingerprint density at radius 2 is 1.68 bits per heavy atom. The summed E-state index contributed by atoms with van der Waals surface area (Å²) < 4.78 is 0. The van der Waals surface area contributed by atoms with Gasteiger partial charge in [-0.3, -0.25) is 0 Å². The number of hydrogen-bond acceptors (Lipinski definition) is 7. The van der Waals surface area contributed by atoms with Gasteiger partial charge in [0, 0.05) is 62.7 Å². The van der Waals surface area contributed by atoms with E-state index in [2.05, 4.69) is 80.5 Å². The Hall–Kier alpha value is -2.09. The SMILES string of the molecule is CC(C)N1CCC(Nc2nc(Nc3ccc(N4CCN(C)CC4)cc3)ncc2Cl)CC1. The Morgan fingerprint density at radius 3 is 2.32 bits per heavy atom. The van der Waals surface area contributed by atoms with Crippen LogP contribution in [0.2, 0.25) is 5.02 Å². The lowest BCUT2D eigenvalue weighted by molar-refractivity contribution is 0.177. The van der Waals surface area contributed by atoms with Crippen LogP contribution in [-0.2, 0) is 0 Å². The summed E-state index contributed by atoms with van der Waals surface area (Å²) >= 11 is 6.38. The second-order valence-electron chi connectivity index (χ2n) is 8.90. The van der Waals surface area contributed by atoms with Crippen LogP contribution >= 0.6 is 11.6 Å². The summed E-state index contributed by atoms with van der Waals surface area (Å²) in [5.74, 6) is 1.26. The van der Waals surface area contributed by atoms with E-state index < -0.39 is 0 Å². The third kappa shape index (κ3) is 5.79. The third-order valence-electron chi connectivity index (χ3n) is 6.34. The second-order valence-corrected chi connectivity index (χ2v) is 9.31. The zero-order chi connectivity index (χ0) is 21.8. The molecular formula is C23H34ClN7. The van der Waals surface area contributed by atoms with Gasteiger partial charge in [0.1, 0.15) is 5.02 Å². The minimum absolute atomic E-state index is 0.387. The van der Waals surface area contributed by atoms with Crippen LogP contribution in [0.3, 0.4) is 0 Å². The van der Waals surface area contributed by atoms with Crippen LogP contribution in [0.4, 0.5) is 23.1 Å². The molecule has 0 atom stereocenters. The summed E-state index contributed by atoms with van der Waals surface area (Å²) in [6.45, 7) is 11.0. The monoisotopic (exact) mass is 443 g/mol. The molecule has 0 spiro atoms. The number of anilines is 4. The normalized spacial score (nSPS) is 19.1. The molecule has 2 fully saturated rings. The number of hydrogen-bond donors (Lipinski definition) is 2. The van der Waals surface area contributed by atoms with E-state index in [0.717, 1.165) is 57.8 Å². The van der Waals surface area contributed by atoms with E-state index in [4.69, 9.17) is 11.6 Å². The fourth-order valence-corrected chi connectivity index (χ4v) is 4.38. The molecule has 1 aromatic carbocycles. The molecule has 2 aliphatic heterocycles. The molecule has 0 unspecified atom stereocenters. The number of halogens is 1. The van der Waals surface area contributed by atoms with Crippen LogP contribution in [0, 0.1) is 0 Å². The fraction of sp³-hybridized carbons (Fsp3) is 0.565. The molecule has 1 aromatic heterocycles. The third-order valence-corrected chi connectivity index (χ3v) is 6.61. The molecule has 0 saturated carbocycles. The highest BCUT2D eigenvalue weighted by Crippen LogP contribution is 2.26. The number of benzene rings is 1. The molecule has 7 nitrogen and oxygen atoms in total. The van der Waals surface area contributed by atoms with Crippen LogP contribution in [0.25, 0.3) is 0 Å². The Bertz CT molecular complexity index is 842. The first-order chi connectivity index (χ1) is 15.0. The molecular weight excluding hydrogens is 410 g/mol. The van der Waals surface area contributed by atoms with E-state index in [1.54, 1.807) is 6.20 Å². The van der Waals surface area contributed by atoms with Crippen LogP contribution in [0.15, 0.2) is 30.5 Å². The van der Waals surface area contributed by atoms with Gasteiger partial charge in [-0.05, 0) is 58.0 Å². The van der Waals surface area contributed by atoms with Crippen molar-refractivity contribution < 1.29 is 0 Å². The number of nitrogens with zero attached hydrogens (tertiary/aromatic N) is 5. The summed E-state index contributed by atoms with van der Waals surface area (Å²) in [6, 6.07) is 9.47. The molecule has 2 N–H and O–H groups in total. The zero-order valence-electron chi connectivity index (χ0n) is 18.8. The Kier molecular flexibility index (Phi) is 7.15. The number of rotatable bonds is 6. The van der Waals surface area contributed by atoms with Crippen molar-refractivity contribution in [3.8, 4) is 0 Å². The van der Waals surface area contributed by atoms with Crippen LogP contribution in [-0.4, -0.2) is 78.2 Å². The average molecular weight is 444 g/mol. The maximum Gasteiger partial charge on any atom is 0.229 e. The summed E-state index contributed by atoms with van der Waals surface area (Å²) in [7, 11) is 2.17. The lowest BCUT2D eigenvalue weighted by Gasteiger charge is -2.35. The van der Waals surface area contributed by atoms with Gasteiger partial charge in [-0.2, -0.15) is 4.98 Å². The lowest BCUT2D eigenvalue weighted by Crippen LogP contribution is -2.44. The van der Waals surface area contributed by atoms with E-state index in [0.29, 0.717) is 28.9 Å². The number of likely N-dealkylation sites (N-methyl/N-ethyl adjacent to an activating group) is 1. The van der Waals surface area contributed by atoms with Gasteiger partial charge in [0.05, 0.1) is 6.20 Å². The topological polar surface area (TPSA) is 59.6 Å². The molecule has 0 bridgehead atoms. The fourth-order valence-electron chi connectivity index (χ4n) is 4.23. The summed E-state index contributed by atoms with van der Waals surface area (Å²) in [5, 5.41) is 7.40. The first-order valence-electron chi connectivity index (χ1n) is 11.3. The maximum absolute atomic E-state index is 6.38. The van der Waals surface area contributed by atoms with Crippen LogP contribution in [0.5, 0.6) is 0 Å². The van der Waals surface area contributed by atoms with Gasteiger partial charge < -0.3 is 25.3 Å². The largest absolute Gasteiger partial charge is 0.369 e. The first-order valence-corrected chi connectivity index (χ1v) is 11.7. The van der Waals surface area contributed by atoms with Crippen molar-refractivity contribution in [1.29, 1.82) is 0 Å². The van der Waals surface area contributed by atoms with Gasteiger partial charge in [-0.25, -0.2) is 4.98 Å². The molecule has 8 heteroatoms.